The molecule has 1 aromatic rings. The molecule has 1 rings (SSSR count). The van der Waals surface area contributed by atoms with Gasteiger partial charge in [-0.25, -0.2) is 9.97 Å². The smallest absolute Gasteiger partial charge is 0.222 e. The minimum Gasteiger partial charge on any atom is -0.303 e. The van der Waals surface area contributed by atoms with E-state index >= 15 is 0 Å². The summed E-state index contributed by atoms with van der Waals surface area (Å²) >= 11 is 5.61. The Morgan fingerprint density at radius 1 is 1.46 bits per heavy atom. The van der Waals surface area contributed by atoms with Gasteiger partial charge in [-0.2, -0.15) is 0 Å². The molecule has 0 amide bonds. The summed E-state index contributed by atoms with van der Waals surface area (Å²) in [4.78, 5) is 17.8. The van der Waals surface area contributed by atoms with Crippen LogP contribution in [0.2, 0.25) is 5.28 Å². The van der Waals surface area contributed by atoms with E-state index in [0.717, 1.165) is 31.2 Å². The van der Waals surface area contributed by atoms with E-state index in [9.17, 15) is 4.79 Å². The van der Waals surface area contributed by atoms with Crippen molar-refractivity contribution < 1.29 is 4.79 Å². The summed E-state index contributed by atoms with van der Waals surface area (Å²) < 4.78 is 0. The van der Waals surface area contributed by atoms with E-state index in [2.05, 4.69) is 9.97 Å². The minimum atomic E-state index is 0.285. The Labute approximate surface area is 82.2 Å². The quantitative estimate of drug-likeness (QED) is 0.413. The Bertz CT molecular complexity index is 278. The number of halogens is 1. The molecule has 0 spiro atoms. The number of aromatic nitrogens is 2. The molecule has 0 unspecified atom stereocenters. The van der Waals surface area contributed by atoms with E-state index in [-0.39, 0.29) is 5.28 Å². The second-order valence-electron chi connectivity index (χ2n) is 2.73. The molecule has 0 fully saturated rings. The highest BCUT2D eigenvalue weighted by molar-refractivity contribution is 6.28. The molecular formula is C9H11ClN2O. The molecular weight excluding hydrogens is 188 g/mol. The SMILES string of the molecule is O=CCCCCc1ccnc(Cl)n1. The van der Waals surface area contributed by atoms with Crippen LogP contribution in [0, 0.1) is 0 Å². The average molecular weight is 199 g/mol. The summed E-state index contributed by atoms with van der Waals surface area (Å²) in [7, 11) is 0. The predicted octanol–water partition coefficient (Wildman–Crippen LogP) is 2.04. The highest BCUT2D eigenvalue weighted by atomic mass is 35.5. The molecule has 13 heavy (non-hydrogen) atoms. The van der Waals surface area contributed by atoms with Crippen LogP contribution in [0.3, 0.4) is 0 Å². The van der Waals surface area contributed by atoms with Gasteiger partial charge >= 0.3 is 0 Å². The summed E-state index contributed by atoms with van der Waals surface area (Å²) in [5.41, 5.74) is 0.936. The largest absolute Gasteiger partial charge is 0.303 e. The number of aryl methyl sites for hydroxylation is 1. The number of hydrogen-bond donors (Lipinski definition) is 0. The zero-order valence-electron chi connectivity index (χ0n) is 7.24. The van der Waals surface area contributed by atoms with Crippen molar-refractivity contribution in [2.45, 2.75) is 25.7 Å². The molecule has 70 valence electrons. The van der Waals surface area contributed by atoms with Crippen LogP contribution in [0.25, 0.3) is 0 Å². The number of aldehydes is 1. The molecule has 0 radical (unpaired) electrons. The van der Waals surface area contributed by atoms with Crippen LogP contribution < -0.4 is 0 Å². The van der Waals surface area contributed by atoms with Gasteiger partial charge < -0.3 is 4.79 Å². The number of carbonyl (C=O) groups is 1. The van der Waals surface area contributed by atoms with Crippen molar-refractivity contribution in [3.63, 3.8) is 0 Å². The molecule has 0 aliphatic rings. The lowest BCUT2D eigenvalue weighted by Gasteiger charge is -1.98. The average Bonchev–Trinajstić information content (AvgIpc) is 2.13. The Hall–Kier alpha value is -0.960. The zero-order chi connectivity index (χ0) is 9.52. The van der Waals surface area contributed by atoms with Crippen LogP contribution in [0.1, 0.15) is 25.0 Å². The van der Waals surface area contributed by atoms with Gasteiger partial charge in [0.1, 0.15) is 6.29 Å². The van der Waals surface area contributed by atoms with E-state index in [4.69, 9.17) is 11.6 Å². The van der Waals surface area contributed by atoms with Gasteiger partial charge in [0.15, 0.2) is 0 Å². The molecule has 0 aliphatic carbocycles. The molecule has 0 aliphatic heterocycles. The van der Waals surface area contributed by atoms with E-state index in [1.807, 2.05) is 6.07 Å². The van der Waals surface area contributed by atoms with E-state index in [1.54, 1.807) is 6.20 Å². The van der Waals surface area contributed by atoms with Crippen LogP contribution in [0.4, 0.5) is 0 Å². The second-order valence-corrected chi connectivity index (χ2v) is 3.07. The van der Waals surface area contributed by atoms with Gasteiger partial charge in [-0.05, 0) is 36.9 Å². The van der Waals surface area contributed by atoms with Gasteiger partial charge in [0, 0.05) is 18.3 Å². The first-order valence-electron chi connectivity index (χ1n) is 4.24. The normalized spacial score (nSPS) is 9.92. The van der Waals surface area contributed by atoms with Gasteiger partial charge in [-0.1, -0.05) is 0 Å². The molecule has 3 nitrogen and oxygen atoms in total. The fraction of sp³-hybridized carbons (Fsp3) is 0.444. The Kier molecular flexibility index (Phi) is 4.40. The Morgan fingerprint density at radius 3 is 3.00 bits per heavy atom. The summed E-state index contributed by atoms with van der Waals surface area (Å²) in [5.74, 6) is 0. The highest BCUT2D eigenvalue weighted by Crippen LogP contribution is 2.05. The first-order chi connectivity index (χ1) is 6.33. The zero-order valence-corrected chi connectivity index (χ0v) is 8.00. The number of hydrogen-bond acceptors (Lipinski definition) is 3. The maximum atomic E-state index is 10.0. The summed E-state index contributed by atoms with van der Waals surface area (Å²) in [5, 5.41) is 0.285. The van der Waals surface area contributed by atoms with Crippen molar-refractivity contribution in [1.82, 2.24) is 9.97 Å². The maximum absolute atomic E-state index is 10.0. The first kappa shape index (κ1) is 10.1. The lowest BCUT2D eigenvalue weighted by atomic mass is 10.1. The minimum absolute atomic E-state index is 0.285. The van der Waals surface area contributed by atoms with Crippen LogP contribution >= 0.6 is 11.6 Å². The maximum Gasteiger partial charge on any atom is 0.222 e. The van der Waals surface area contributed by atoms with Crippen molar-refractivity contribution >= 4 is 17.9 Å². The van der Waals surface area contributed by atoms with Gasteiger partial charge in [0.25, 0.3) is 0 Å². The first-order valence-corrected chi connectivity index (χ1v) is 4.62. The summed E-state index contributed by atoms with van der Waals surface area (Å²) in [6, 6.07) is 1.84. The van der Waals surface area contributed by atoms with Crippen LogP contribution in [0.5, 0.6) is 0 Å². The summed E-state index contributed by atoms with van der Waals surface area (Å²) in [6.45, 7) is 0. The topological polar surface area (TPSA) is 42.9 Å². The van der Waals surface area contributed by atoms with Gasteiger partial charge in [-0.3, -0.25) is 0 Å². The van der Waals surface area contributed by atoms with Crippen LogP contribution in [-0.4, -0.2) is 16.3 Å². The fourth-order valence-electron chi connectivity index (χ4n) is 1.04. The highest BCUT2D eigenvalue weighted by Gasteiger charge is 1.96. The van der Waals surface area contributed by atoms with E-state index in [0.29, 0.717) is 6.42 Å². The monoisotopic (exact) mass is 198 g/mol. The third kappa shape index (κ3) is 3.99. The van der Waals surface area contributed by atoms with Crippen molar-refractivity contribution in [1.29, 1.82) is 0 Å². The number of unbranched alkanes of at least 4 members (excludes halogenated alkanes) is 2. The molecule has 1 heterocycles. The number of carbonyl (C=O) groups excluding carboxylic acids is 1. The van der Waals surface area contributed by atoms with Crippen LogP contribution in [-0.2, 0) is 11.2 Å². The molecule has 0 saturated carbocycles. The fourth-order valence-corrected chi connectivity index (χ4v) is 1.21. The number of rotatable bonds is 5. The molecule has 4 heteroatoms. The van der Waals surface area contributed by atoms with Crippen molar-refractivity contribution in [3.8, 4) is 0 Å². The van der Waals surface area contributed by atoms with E-state index in [1.165, 1.54) is 0 Å². The number of nitrogens with zero attached hydrogens (tertiary/aromatic N) is 2. The third-order valence-electron chi connectivity index (χ3n) is 1.69. The predicted molar refractivity (Wildman–Crippen MR) is 50.7 cm³/mol. The molecule has 0 aromatic carbocycles. The molecule has 0 saturated heterocycles. The molecule has 1 aromatic heterocycles. The van der Waals surface area contributed by atoms with Crippen molar-refractivity contribution in [2.75, 3.05) is 0 Å². The standard InChI is InChI=1S/C9H11ClN2O/c10-9-11-6-5-8(12-9)4-2-1-3-7-13/h5-7H,1-4H2. The Balaban J connectivity index is 2.32. The summed E-state index contributed by atoms with van der Waals surface area (Å²) in [6.07, 6.45) is 5.93. The molecule has 0 bridgehead atoms. The lowest BCUT2D eigenvalue weighted by molar-refractivity contribution is -0.107. The Morgan fingerprint density at radius 2 is 2.31 bits per heavy atom. The third-order valence-corrected chi connectivity index (χ3v) is 1.87. The van der Waals surface area contributed by atoms with Crippen molar-refractivity contribution in [2.24, 2.45) is 0 Å². The molecule has 0 N–H and O–H groups in total. The van der Waals surface area contributed by atoms with Crippen molar-refractivity contribution in [3.05, 3.63) is 23.2 Å². The van der Waals surface area contributed by atoms with Crippen LogP contribution in [0.15, 0.2) is 12.3 Å². The van der Waals surface area contributed by atoms with E-state index < -0.39 is 0 Å². The van der Waals surface area contributed by atoms with Gasteiger partial charge in [0.05, 0.1) is 0 Å². The lowest BCUT2D eigenvalue weighted by Crippen LogP contribution is -1.92. The molecule has 0 atom stereocenters. The second kappa shape index (κ2) is 5.65. The van der Waals surface area contributed by atoms with Gasteiger partial charge in [-0.15, -0.1) is 0 Å². The van der Waals surface area contributed by atoms with Gasteiger partial charge in [0.2, 0.25) is 5.28 Å².